The summed E-state index contributed by atoms with van der Waals surface area (Å²) in [6.45, 7) is 2.27. The molecule has 0 aliphatic carbocycles. The molecule has 0 fully saturated rings. The number of para-hydroxylation sites is 1. The monoisotopic (exact) mass is 529 g/mol. The highest BCUT2D eigenvalue weighted by Crippen LogP contribution is 2.32. The molecule has 3 aromatic carbocycles. The fourth-order valence-electron chi connectivity index (χ4n) is 3.57. The zero-order valence-electron chi connectivity index (χ0n) is 17.1. The average Bonchev–Trinajstić information content (AvgIpc) is 3.21. The third-order valence-electron chi connectivity index (χ3n) is 5.22. The lowest BCUT2D eigenvalue weighted by atomic mass is 10.1. The van der Waals surface area contributed by atoms with Gasteiger partial charge in [0, 0.05) is 22.3 Å². The van der Waals surface area contributed by atoms with Gasteiger partial charge in [0.15, 0.2) is 5.11 Å². The lowest BCUT2D eigenvalue weighted by molar-refractivity contribution is 0.0977. The van der Waals surface area contributed by atoms with Crippen molar-refractivity contribution in [2.24, 2.45) is 0 Å². The predicted molar refractivity (Wildman–Crippen MR) is 134 cm³/mol. The highest BCUT2D eigenvalue weighted by Gasteiger charge is 2.30. The van der Waals surface area contributed by atoms with E-state index in [9.17, 15) is 13.2 Å². The van der Waals surface area contributed by atoms with E-state index in [0.29, 0.717) is 24.2 Å². The molecule has 0 radical (unpaired) electrons. The SMILES string of the molecule is Cc1ccc(Br)cc1C(=O)NC(=S)Nc1ccc(S(=O)(=O)N2CCc3ccccc32)cc1. The van der Waals surface area contributed by atoms with E-state index in [1.165, 1.54) is 16.4 Å². The highest BCUT2D eigenvalue weighted by atomic mass is 79.9. The number of aryl methyl sites for hydroxylation is 1. The third kappa shape index (κ3) is 4.55. The predicted octanol–water partition coefficient (Wildman–Crippen LogP) is 4.64. The van der Waals surface area contributed by atoms with Crippen molar-refractivity contribution in [3.05, 3.63) is 87.9 Å². The number of carbonyl (C=O) groups excluding carboxylic acids is 1. The van der Waals surface area contributed by atoms with Crippen LogP contribution >= 0.6 is 28.1 Å². The van der Waals surface area contributed by atoms with Crippen LogP contribution in [0, 0.1) is 6.92 Å². The second-order valence-electron chi connectivity index (χ2n) is 7.35. The fraction of sp³-hybridized carbons (Fsp3) is 0.130. The normalized spacial score (nSPS) is 12.9. The van der Waals surface area contributed by atoms with E-state index in [2.05, 4.69) is 26.6 Å². The number of amides is 1. The Labute approximate surface area is 200 Å². The first-order valence-electron chi connectivity index (χ1n) is 9.85. The highest BCUT2D eigenvalue weighted by molar-refractivity contribution is 9.10. The summed E-state index contributed by atoms with van der Waals surface area (Å²) in [6, 6.07) is 19.3. The van der Waals surface area contributed by atoms with Crippen LogP contribution in [0.25, 0.3) is 0 Å². The maximum atomic E-state index is 13.1. The molecule has 0 aromatic heterocycles. The number of hydrogen-bond acceptors (Lipinski definition) is 4. The van der Waals surface area contributed by atoms with Crippen LogP contribution in [-0.2, 0) is 16.4 Å². The molecule has 0 saturated carbocycles. The maximum absolute atomic E-state index is 13.1. The number of nitrogens with one attached hydrogen (secondary N) is 2. The van der Waals surface area contributed by atoms with Gasteiger partial charge >= 0.3 is 0 Å². The Morgan fingerprint density at radius 1 is 1.06 bits per heavy atom. The van der Waals surface area contributed by atoms with Gasteiger partial charge in [-0.2, -0.15) is 0 Å². The van der Waals surface area contributed by atoms with Crippen LogP contribution in [0.3, 0.4) is 0 Å². The van der Waals surface area contributed by atoms with Crippen LogP contribution in [0.4, 0.5) is 11.4 Å². The first kappa shape index (κ1) is 22.4. The molecule has 32 heavy (non-hydrogen) atoms. The van der Waals surface area contributed by atoms with Crippen LogP contribution in [0.2, 0.25) is 0 Å². The van der Waals surface area contributed by atoms with Crippen molar-refractivity contribution >= 4 is 60.6 Å². The largest absolute Gasteiger partial charge is 0.332 e. The lowest BCUT2D eigenvalue weighted by Gasteiger charge is -2.19. The van der Waals surface area contributed by atoms with Crippen molar-refractivity contribution in [1.29, 1.82) is 0 Å². The van der Waals surface area contributed by atoms with E-state index in [1.54, 1.807) is 18.2 Å². The molecule has 0 saturated heterocycles. The zero-order valence-corrected chi connectivity index (χ0v) is 20.4. The molecule has 0 atom stereocenters. The first-order chi connectivity index (χ1) is 15.3. The number of fused-ring (bicyclic) bond motifs is 1. The molecule has 4 rings (SSSR count). The number of carbonyl (C=O) groups is 1. The van der Waals surface area contributed by atoms with Crippen molar-refractivity contribution in [3.63, 3.8) is 0 Å². The van der Waals surface area contributed by atoms with Gasteiger partial charge in [-0.25, -0.2) is 8.42 Å². The lowest BCUT2D eigenvalue weighted by Crippen LogP contribution is -2.34. The topological polar surface area (TPSA) is 78.5 Å². The van der Waals surface area contributed by atoms with Crippen LogP contribution < -0.4 is 14.9 Å². The minimum absolute atomic E-state index is 0.124. The van der Waals surface area contributed by atoms with E-state index in [1.807, 2.05) is 43.3 Å². The first-order valence-corrected chi connectivity index (χ1v) is 12.5. The Hall–Kier alpha value is -2.75. The molecule has 3 aromatic rings. The van der Waals surface area contributed by atoms with E-state index in [4.69, 9.17) is 12.2 Å². The van der Waals surface area contributed by atoms with Gasteiger partial charge in [0.25, 0.3) is 15.9 Å². The van der Waals surface area contributed by atoms with Gasteiger partial charge in [-0.05, 0) is 79.2 Å². The molecule has 9 heteroatoms. The van der Waals surface area contributed by atoms with Crippen molar-refractivity contribution < 1.29 is 13.2 Å². The minimum atomic E-state index is -3.66. The van der Waals surface area contributed by atoms with Gasteiger partial charge in [-0.15, -0.1) is 0 Å². The molecular weight excluding hydrogens is 510 g/mol. The summed E-state index contributed by atoms with van der Waals surface area (Å²) in [5.74, 6) is -0.326. The van der Waals surface area contributed by atoms with E-state index in [0.717, 1.165) is 21.3 Å². The van der Waals surface area contributed by atoms with Gasteiger partial charge < -0.3 is 5.32 Å². The number of rotatable bonds is 4. The van der Waals surface area contributed by atoms with E-state index >= 15 is 0 Å². The number of thiocarbonyl (C=S) groups is 1. The number of hydrogen-bond donors (Lipinski definition) is 2. The molecular formula is C23H20BrN3O3S2. The summed E-state index contributed by atoms with van der Waals surface area (Å²) in [4.78, 5) is 12.7. The molecule has 1 aliphatic rings. The maximum Gasteiger partial charge on any atom is 0.264 e. The summed E-state index contributed by atoms with van der Waals surface area (Å²) in [6.07, 6.45) is 0.695. The summed E-state index contributed by atoms with van der Waals surface area (Å²) >= 11 is 8.60. The Bertz CT molecular complexity index is 1310. The Balaban J connectivity index is 1.44. The van der Waals surface area contributed by atoms with Gasteiger partial charge in [0.1, 0.15) is 0 Å². The van der Waals surface area contributed by atoms with Crippen LogP contribution in [0.15, 0.2) is 76.1 Å². The van der Waals surface area contributed by atoms with Crippen molar-refractivity contribution in [1.82, 2.24) is 5.32 Å². The molecule has 2 N–H and O–H groups in total. The van der Waals surface area contributed by atoms with Gasteiger partial charge in [0.2, 0.25) is 0 Å². The van der Waals surface area contributed by atoms with Crippen molar-refractivity contribution in [2.75, 3.05) is 16.2 Å². The zero-order chi connectivity index (χ0) is 22.9. The molecule has 0 bridgehead atoms. The molecule has 0 spiro atoms. The second-order valence-corrected chi connectivity index (χ2v) is 10.5. The summed E-state index contributed by atoms with van der Waals surface area (Å²) in [7, 11) is -3.66. The number of nitrogens with zero attached hydrogens (tertiary/aromatic N) is 1. The van der Waals surface area contributed by atoms with Crippen molar-refractivity contribution in [3.8, 4) is 0 Å². The molecule has 1 heterocycles. The molecule has 1 aliphatic heterocycles. The molecule has 164 valence electrons. The summed E-state index contributed by atoms with van der Waals surface area (Å²) in [5, 5.41) is 5.69. The quantitative estimate of drug-likeness (QED) is 0.481. The summed E-state index contributed by atoms with van der Waals surface area (Å²) < 4.78 is 28.5. The Kier molecular flexibility index (Phi) is 6.32. The van der Waals surface area contributed by atoms with E-state index < -0.39 is 10.0 Å². The smallest absolute Gasteiger partial charge is 0.264 e. The number of sulfonamides is 1. The average molecular weight is 530 g/mol. The van der Waals surface area contributed by atoms with Crippen LogP contribution in [0.1, 0.15) is 21.5 Å². The van der Waals surface area contributed by atoms with Crippen molar-refractivity contribution in [2.45, 2.75) is 18.2 Å². The van der Waals surface area contributed by atoms with Gasteiger partial charge in [-0.1, -0.05) is 40.2 Å². The molecule has 0 unspecified atom stereocenters. The summed E-state index contributed by atoms with van der Waals surface area (Å²) in [5.41, 5.74) is 3.65. The fourth-order valence-corrected chi connectivity index (χ4v) is 5.64. The third-order valence-corrected chi connectivity index (χ3v) is 7.74. The standard InChI is InChI=1S/C23H20BrN3O3S2/c1-15-6-7-17(24)14-20(15)22(28)26-23(31)25-18-8-10-19(11-9-18)32(29,30)27-13-12-16-4-2-3-5-21(16)27/h2-11,14H,12-13H2,1H3,(H2,25,26,28,31). The Morgan fingerprint density at radius 3 is 2.53 bits per heavy atom. The van der Waals surface area contributed by atoms with E-state index in [-0.39, 0.29) is 15.9 Å². The molecule has 1 amide bonds. The number of anilines is 2. The number of halogens is 1. The molecule has 6 nitrogen and oxygen atoms in total. The van der Waals surface area contributed by atoms with Crippen LogP contribution in [0.5, 0.6) is 0 Å². The second kappa shape index (κ2) is 9.01. The Morgan fingerprint density at radius 2 is 1.78 bits per heavy atom. The van der Waals surface area contributed by atoms with Gasteiger partial charge in [0.05, 0.1) is 10.6 Å². The minimum Gasteiger partial charge on any atom is -0.332 e. The van der Waals surface area contributed by atoms with Crippen LogP contribution in [-0.4, -0.2) is 26.0 Å². The van der Waals surface area contributed by atoms with Gasteiger partial charge in [-0.3, -0.25) is 14.4 Å². The number of benzene rings is 3.